The summed E-state index contributed by atoms with van der Waals surface area (Å²) in [6.45, 7) is 17.7. The van der Waals surface area contributed by atoms with Gasteiger partial charge in [0.1, 0.15) is 6.29 Å². The van der Waals surface area contributed by atoms with E-state index in [1.165, 1.54) is 17.6 Å². The second kappa shape index (κ2) is 10.4. The van der Waals surface area contributed by atoms with Gasteiger partial charge in [-0.15, -0.1) is 0 Å². The lowest BCUT2D eigenvalue weighted by molar-refractivity contribution is -0.104. The molecule has 0 saturated heterocycles. The Kier molecular flexibility index (Phi) is 9.14. The molecule has 2 atom stereocenters. The van der Waals surface area contributed by atoms with Crippen molar-refractivity contribution in [1.82, 2.24) is 0 Å². The molecular weight excluding hydrogens is 344 g/mol. The Morgan fingerprint density at radius 1 is 0.964 bits per heavy atom. The largest absolute Gasteiger partial charge is 0.392 e. The minimum atomic E-state index is 0.194. The molecule has 0 bridgehead atoms. The van der Waals surface area contributed by atoms with E-state index in [4.69, 9.17) is 5.11 Å². The molecule has 2 aliphatic carbocycles. The van der Waals surface area contributed by atoms with Crippen molar-refractivity contribution in [3.63, 3.8) is 0 Å². The lowest BCUT2D eigenvalue weighted by Crippen LogP contribution is -2.19. The number of hydrogen-bond donors (Lipinski definition) is 1. The number of rotatable bonds is 6. The molecule has 0 saturated carbocycles. The summed E-state index contributed by atoms with van der Waals surface area (Å²) < 4.78 is 0. The molecule has 0 aromatic heterocycles. The monoisotopic (exact) mass is 386 g/mol. The molecule has 0 aliphatic heterocycles. The molecule has 0 heterocycles. The molecule has 0 spiro atoms. The molecule has 0 aromatic rings. The Morgan fingerprint density at radius 3 is 1.71 bits per heavy atom. The Balaban J connectivity index is 0.000000280. The standard InChI is InChI=1S/C13H22O.C13H20O/c2*1-10(9-14)5-7-12-8-6-11(2)13(12,3)4/h5-6,12,14H,7-9H2,1-4H3;5-6,9,12H,7-8H2,1-4H3/b2*10-5+/t2*12-/m00/s1. The van der Waals surface area contributed by atoms with Crippen molar-refractivity contribution >= 4 is 6.29 Å². The molecular formula is C26H42O2. The average Bonchev–Trinajstić information content (AvgIpc) is 3.06. The number of carbonyl (C=O) groups is 1. The van der Waals surface area contributed by atoms with Crippen LogP contribution in [0.25, 0.3) is 0 Å². The van der Waals surface area contributed by atoms with E-state index in [2.05, 4.69) is 65.8 Å². The van der Waals surface area contributed by atoms with Gasteiger partial charge in [0.05, 0.1) is 6.61 Å². The first kappa shape index (κ1) is 24.6. The van der Waals surface area contributed by atoms with Crippen molar-refractivity contribution in [3.05, 3.63) is 46.6 Å². The van der Waals surface area contributed by atoms with Crippen molar-refractivity contribution in [3.8, 4) is 0 Å². The third-order valence-corrected chi connectivity index (χ3v) is 7.40. The topological polar surface area (TPSA) is 37.3 Å². The van der Waals surface area contributed by atoms with Crippen LogP contribution in [0.1, 0.15) is 81.1 Å². The highest BCUT2D eigenvalue weighted by Crippen LogP contribution is 2.45. The van der Waals surface area contributed by atoms with Crippen LogP contribution in [0.2, 0.25) is 0 Å². The summed E-state index contributed by atoms with van der Waals surface area (Å²) in [7, 11) is 0. The molecule has 0 fully saturated rings. The Labute approximate surface area is 173 Å². The summed E-state index contributed by atoms with van der Waals surface area (Å²) in [6.07, 6.45) is 14.3. The van der Waals surface area contributed by atoms with E-state index in [-0.39, 0.29) is 6.61 Å². The molecule has 1 N–H and O–H groups in total. The second-order valence-corrected chi connectivity index (χ2v) is 9.83. The number of allylic oxidation sites excluding steroid dienone is 7. The zero-order valence-corrected chi connectivity index (χ0v) is 19.4. The van der Waals surface area contributed by atoms with Crippen LogP contribution in [0.15, 0.2) is 46.6 Å². The zero-order valence-electron chi connectivity index (χ0n) is 19.4. The van der Waals surface area contributed by atoms with Gasteiger partial charge in [-0.2, -0.15) is 0 Å². The fraction of sp³-hybridized carbons (Fsp3) is 0.654. The highest BCUT2D eigenvalue weighted by Gasteiger charge is 2.34. The Bertz CT molecular complexity index is 656. The second-order valence-electron chi connectivity index (χ2n) is 9.83. The van der Waals surface area contributed by atoms with Crippen LogP contribution in [0.5, 0.6) is 0 Å². The van der Waals surface area contributed by atoms with Gasteiger partial charge in [-0.25, -0.2) is 0 Å². The number of carbonyl (C=O) groups excluding carboxylic acids is 1. The Hall–Kier alpha value is -1.41. The maximum Gasteiger partial charge on any atom is 0.145 e. The van der Waals surface area contributed by atoms with Gasteiger partial charge in [0.25, 0.3) is 0 Å². The summed E-state index contributed by atoms with van der Waals surface area (Å²) in [5.74, 6) is 1.38. The molecule has 2 aliphatic rings. The van der Waals surface area contributed by atoms with E-state index in [1.54, 1.807) is 0 Å². The SMILES string of the molecule is CC1=CC[C@H](C/C=C(\C)C=O)C1(C)C.CC1=CC[C@H](C/C=C(\C)CO)C1(C)C. The molecule has 0 unspecified atom stereocenters. The predicted molar refractivity (Wildman–Crippen MR) is 121 cm³/mol. The van der Waals surface area contributed by atoms with E-state index >= 15 is 0 Å². The summed E-state index contributed by atoms with van der Waals surface area (Å²) >= 11 is 0. The molecule has 0 radical (unpaired) electrons. The van der Waals surface area contributed by atoms with Gasteiger partial charge in [0.2, 0.25) is 0 Å². The van der Waals surface area contributed by atoms with Crippen molar-refractivity contribution in [2.24, 2.45) is 22.7 Å². The van der Waals surface area contributed by atoms with Gasteiger partial charge in [0, 0.05) is 0 Å². The van der Waals surface area contributed by atoms with Gasteiger partial charge in [0.15, 0.2) is 0 Å². The van der Waals surface area contributed by atoms with Crippen LogP contribution in [0, 0.1) is 22.7 Å². The lowest BCUT2D eigenvalue weighted by Gasteiger charge is -2.29. The van der Waals surface area contributed by atoms with Gasteiger partial charge in [-0.05, 0) is 81.6 Å². The van der Waals surface area contributed by atoms with Gasteiger partial charge >= 0.3 is 0 Å². The zero-order chi connectivity index (χ0) is 21.5. The van der Waals surface area contributed by atoms with E-state index in [9.17, 15) is 4.79 Å². The van der Waals surface area contributed by atoms with E-state index < -0.39 is 0 Å². The Morgan fingerprint density at radius 2 is 1.39 bits per heavy atom. The van der Waals surface area contributed by atoms with Crippen LogP contribution < -0.4 is 0 Å². The first-order valence-corrected chi connectivity index (χ1v) is 10.7. The normalized spacial score (nSPS) is 26.3. The first-order chi connectivity index (χ1) is 13.0. The maximum absolute atomic E-state index is 10.5. The van der Waals surface area contributed by atoms with E-state index in [0.29, 0.717) is 22.7 Å². The van der Waals surface area contributed by atoms with Crippen LogP contribution in [-0.4, -0.2) is 18.0 Å². The van der Waals surface area contributed by atoms with Crippen LogP contribution in [0.3, 0.4) is 0 Å². The lowest BCUT2D eigenvalue weighted by atomic mass is 9.76. The molecule has 0 aromatic carbocycles. The minimum absolute atomic E-state index is 0.194. The molecule has 2 heteroatoms. The fourth-order valence-corrected chi connectivity index (χ4v) is 3.96. The summed E-state index contributed by atoms with van der Waals surface area (Å²) in [4.78, 5) is 10.5. The summed E-state index contributed by atoms with van der Waals surface area (Å²) in [6, 6.07) is 0. The quantitative estimate of drug-likeness (QED) is 0.309. The van der Waals surface area contributed by atoms with Crippen molar-refractivity contribution < 1.29 is 9.90 Å². The molecule has 2 nitrogen and oxygen atoms in total. The van der Waals surface area contributed by atoms with E-state index in [0.717, 1.165) is 36.7 Å². The van der Waals surface area contributed by atoms with Crippen molar-refractivity contribution in [1.29, 1.82) is 0 Å². The molecule has 0 amide bonds. The molecule has 158 valence electrons. The van der Waals surface area contributed by atoms with Crippen LogP contribution >= 0.6 is 0 Å². The number of hydrogen-bond acceptors (Lipinski definition) is 2. The molecule has 28 heavy (non-hydrogen) atoms. The van der Waals surface area contributed by atoms with Crippen LogP contribution in [0.4, 0.5) is 0 Å². The smallest absolute Gasteiger partial charge is 0.145 e. The first-order valence-electron chi connectivity index (χ1n) is 10.7. The maximum atomic E-state index is 10.5. The van der Waals surface area contributed by atoms with Crippen LogP contribution in [-0.2, 0) is 4.79 Å². The third kappa shape index (κ3) is 6.30. The number of aldehydes is 1. The van der Waals surface area contributed by atoms with E-state index in [1.807, 2.05) is 13.8 Å². The van der Waals surface area contributed by atoms with Gasteiger partial charge in [-0.1, -0.05) is 68.7 Å². The highest BCUT2D eigenvalue weighted by atomic mass is 16.3. The van der Waals surface area contributed by atoms with Crippen molar-refractivity contribution in [2.75, 3.05) is 6.61 Å². The van der Waals surface area contributed by atoms with Gasteiger partial charge < -0.3 is 5.11 Å². The number of aliphatic hydroxyl groups is 1. The summed E-state index contributed by atoms with van der Waals surface area (Å²) in [5, 5.41) is 8.91. The van der Waals surface area contributed by atoms with Gasteiger partial charge in [-0.3, -0.25) is 4.79 Å². The number of aliphatic hydroxyl groups excluding tert-OH is 1. The molecule has 2 rings (SSSR count). The fourth-order valence-electron chi connectivity index (χ4n) is 3.96. The predicted octanol–water partition coefficient (Wildman–Crippen LogP) is 6.82. The summed E-state index contributed by atoms with van der Waals surface area (Å²) in [5.41, 5.74) is 5.58. The average molecular weight is 387 g/mol. The van der Waals surface area contributed by atoms with Crippen molar-refractivity contribution in [2.45, 2.75) is 81.1 Å². The minimum Gasteiger partial charge on any atom is -0.392 e. The highest BCUT2D eigenvalue weighted by molar-refractivity contribution is 5.71. The third-order valence-electron chi connectivity index (χ3n) is 7.40.